The van der Waals surface area contributed by atoms with Crippen LogP contribution in [0.1, 0.15) is 12.5 Å². The van der Waals surface area contributed by atoms with Gasteiger partial charge in [0.05, 0.1) is 0 Å². The van der Waals surface area contributed by atoms with Gasteiger partial charge in [0, 0.05) is 5.75 Å². The predicted molar refractivity (Wildman–Crippen MR) is 103 cm³/mol. The Hall–Kier alpha value is -2.72. The van der Waals surface area contributed by atoms with Crippen LogP contribution in [0.2, 0.25) is 0 Å². The van der Waals surface area contributed by atoms with Gasteiger partial charge >= 0.3 is 6.03 Å². The fourth-order valence-electron chi connectivity index (χ4n) is 2.56. The normalized spacial score (nSPS) is 19.1. The molecule has 2 heterocycles. The maximum absolute atomic E-state index is 12.8. The number of nitrogens with one attached hydrogen (secondary N) is 2. The molecule has 10 heteroatoms. The highest BCUT2D eigenvalue weighted by molar-refractivity contribution is 8.01. The summed E-state index contributed by atoms with van der Waals surface area (Å²) in [5.41, 5.74) is -0.546. The summed E-state index contributed by atoms with van der Waals surface area (Å²) >= 11 is 2.66. The van der Waals surface area contributed by atoms with Gasteiger partial charge in [-0.2, -0.15) is 0 Å². The molecule has 0 saturated carbocycles. The minimum Gasteiger partial charge on any atom is -0.319 e. The number of hydrogen-bond donors (Lipinski definition) is 2. The number of amides is 4. The van der Waals surface area contributed by atoms with Crippen LogP contribution in [0.5, 0.6) is 0 Å². The Morgan fingerprint density at radius 1 is 1.37 bits per heavy atom. The van der Waals surface area contributed by atoms with Crippen LogP contribution < -0.4 is 10.6 Å². The molecular formula is C17H17N5O3S2. The molecule has 1 saturated heterocycles. The lowest BCUT2D eigenvalue weighted by Crippen LogP contribution is -2.42. The summed E-state index contributed by atoms with van der Waals surface area (Å²) in [5, 5.41) is 13.4. The van der Waals surface area contributed by atoms with E-state index < -0.39 is 29.9 Å². The molecule has 2 aromatic rings. The smallest absolute Gasteiger partial charge is 0.319 e. The summed E-state index contributed by atoms with van der Waals surface area (Å²) in [6, 6.07) is 8.29. The highest BCUT2D eigenvalue weighted by Crippen LogP contribution is 2.29. The van der Waals surface area contributed by atoms with Crippen molar-refractivity contribution in [2.75, 3.05) is 17.6 Å². The Bertz CT molecular complexity index is 886. The number of anilines is 1. The van der Waals surface area contributed by atoms with Crippen LogP contribution >= 0.6 is 23.1 Å². The summed E-state index contributed by atoms with van der Waals surface area (Å²) < 4.78 is 0.692. The van der Waals surface area contributed by atoms with E-state index in [0.29, 0.717) is 20.8 Å². The number of thioether (sulfide) groups is 1. The zero-order chi connectivity index (χ0) is 19.4. The number of aromatic nitrogens is 2. The largest absolute Gasteiger partial charge is 0.325 e. The molecule has 1 fully saturated rings. The highest BCUT2D eigenvalue weighted by Gasteiger charge is 2.49. The summed E-state index contributed by atoms with van der Waals surface area (Å²) in [6.45, 7) is 4.85. The van der Waals surface area contributed by atoms with E-state index in [0.717, 1.165) is 4.90 Å². The number of carbonyl (C=O) groups excluding carboxylic acids is 3. The summed E-state index contributed by atoms with van der Waals surface area (Å²) in [6.07, 6.45) is 1.74. The van der Waals surface area contributed by atoms with E-state index in [2.05, 4.69) is 27.4 Å². The van der Waals surface area contributed by atoms with E-state index in [1.165, 1.54) is 23.1 Å². The van der Waals surface area contributed by atoms with E-state index in [4.69, 9.17) is 0 Å². The van der Waals surface area contributed by atoms with E-state index in [1.807, 2.05) is 6.07 Å². The van der Waals surface area contributed by atoms with Gasteiger partial charge in [-0.05, 0) is 12.5 Å². The van der Waals surface area contributed by atoms with Gasteiger partial charge in [-0.1, -0.05) is 59.5 Å². The van der Waals surface area contributed by atoms with E-state index in [9.17, 15) is 14.4 Å². The van der Waals surface area contributed by atoms with Crippen LogP contribution in [-0.4, -0.2) is 45.2 Å². The van der Waals surface area contributed by atoms with Crippen molar-refractivity contribution in [3.8, 4) is 0 Å². The van der Waals surface area contributed by atoms with Gasteiger partial charge in [0.15, 0.2) is 4.34 Å². The molecule has 0 spiro atoms. The number of nitrogens with zero attached hydrogens (tertiary/aromatic N) is 3. The molecule has 1 atom stereocenters. The molecule has 1 aromatic heterocycles. The van der Waals surface area contributed by atoms with Gasteiger partial charge in [-0.25, -0.2) is 4.79 Å². The van der Waals surface area contributed by atoms with Crippen molar-refractivity contribution in [2.45, 2.75) is 16.8 Å². The van der Waals surface area contributed by atoms with Gasteiger partial charge in [0.1, 0.15) is 12.1 Å². The van der Waals surface area contributed by atoms with Crippen molar-refractivity contribution in [3.05, 3.63) is 48.6 Å². The molecule has 27 heavy (non-hydrogen) atoms. The summed E-state index contributed by atoms with van der Waals surface area (Å²) in [5.74, 6) is -0.316. The second kappa shape index (κ2) is 7.89. The molecule has 8 nitrogen and oxygen atoms in total. The molecule has 3 rings (SSSR count). The number of urea groups is 1. The van der Waals surface area contributed by atoms with Gasteiger partial charge in [0.25, 0.3) is 5.91 Å². The second-order valence-electron chi connectivity index (χ2n) is 5.83. The molecule has 1 aliphatic rings. The average Bonchev–Trinajstić information content (AvgIpc) is 3.19. The first-order chi connectivity index (χ1) is 12.9. The van der Waals surface area contributed by atoms with Crippen LogP contribution in [0.4, 0.5) is 9.93 Å². The maximum atomic E-state index is 12.8. The summed E-state index contributed by atoms with van der Waals surface area (Å²) in [4.78, 5) is 38.2. The third kappa shape index (κ3) is 4.01. The molecule has 1 aromatic carbocycles. The van der Waals surface area contributed by atoms with Gasteiger partial charge < -0.3 is 5.32 Å². The second-order valence-corrected chi connectivity index (χ2v) is 8.08. The van der Waals surface area contributed by atoms with Crippen LogP contribution in [0.25, 0.3) is 0 Å². The Morgan fingerprint density at radius 2 is 2.11 bits per heavy atom. The molecule has 1 aliphatic heterocycles. The lowest BCUT2D eigenvalue weighted by Gasteiger charge is -2.21. The maximum Gasteiger partial charge on any atom is 0.325 e. The molecule has 0 radical (unpaired) electrons. The van der Waals surface area contributed by atoms with E-state index in [-0.39, 0.29) is 0 Å². The first-order valence-electron chi connectivity index (χ1n) is 8.00. The monoisotopic (exact) mass is 403 g/mol. The van der Waals surface area contributed by atoms with Crippen molar-refractivity contribution >= 4 is 46.1 Å². The van der Waals surface area contributed by atoms with Crippen molar-refractivity contribution in [1.82, 2.24) is 20.4 Å². The van der Waals surface area contributed by atoms with Crippen LogP contribution in [-0.2, 0) is 15.1 Å². The molecule has 4 amide bonds. The highest BCUT2D eigenvalue weighted by atomic mass is 32.2. The lowest BCUT2D eigenvalue weighted by molar-refractivity contribution is -0.133. The van der Waals surface area contributed by atoms with Gasteiger partial charge in [-0.15, -0.1) is 16.8 Å². The van der Waals surface area contributed by atoms with Crippen molar-refractivity contribution < 1.29 is 14.4 Å². The molecule has 0 unspecified atom stereocenters. The van der Waals surface area contributed by atoms with Crippen LogP contribution in [0, 0.1) is 0 Å². The van der Waals surface area contributed by atoms with Crippen LogP contribution in [0.3, 0.4) is 0 Å². The molecule has 2 N–H and O–H groups in total. The average molecular weight is 403 g/mol. The Balaban J connectivity index is 1.66. The predicted octanol–water partition coefficient (Wildman–Crippen LogP) is 2.22. The lowest BCUT2D eigenvalue weighted by atomic mass is 9.92. The topological polar surface area (TPSA) is 104 Å². The number of benzene rings is 1. The molecule has 0 bridgehead atoms. The first kappa shape index (κ1) is 19.1. The SMILES string of the molecule is C=CCSc1nnc(NC(=O)CN2C(=O)N[C@](C)(c3ccccc3)C2=O)s1. The molecule has 140 valence electrons. The van der Waals surface area contributed by atoms with Crippen LogP contribution in [0.15, 0.2) is 47.3 Å². The number of imide groups is 1. The van der Waals surface area contributed by atoms with Crippen molar-refractivity contribution in [1.29, 1.82) is 0 Å². The Kier molecular flexibility index (Phi) is 5.57. The van der Waals surface area contributed by atoms with Crippen molar-refractivity contribution in [3.63, 3.8) is 0 Å². The zero-order valence-corrected chi connectivity index (χ0v) is 16.1. The number of hydrogen-bond acceptors (Lipinski definition) is 7. The standard InChI is InChI=1S/C17H17N5O3S2/c1-3-9-26-16-21-20-14(27-16)18-12(23)10-22-13(24)17(2,19-15(22)25)11-7-5-4-6-8-11/h3-8H,1,9-10H2,2H3,(H,19,25)(H,18,20,23)/t17-/m1/s1. The fraction of sp³-hybridized carbons (Fsp3) is 0.235. The number of carbonyl (C=O) groups is 3. The third-order valence-corrected chi connectivity index (χ3v) is 5.87. The minimum absolute atomic E-state index is 0.310. The number of rotatable bonds is 7. The zero-order valence-electron chi connectivity index (χ0n) is 14.5. The molecule has 0 aliphatic carbocycles. The van der Waals surface area contributed by atoms with Gasteiger partial charge in [0.2, 0.25) is 11.0 Å². The Morgan fingerprint density at radius 3 is 2.81 bits per heavy atom. The minimum atomic E-state index is -1.20. The quantitative estimate of drug-likeness (QED) is 0.318. The summed E-state index contributed by atoms with van der Waals surface area (Å²) in [7, 11) is 0. The Labute approximate surface area is 164 Å². The van der Waals surface area contributed by atoms with Crippen molar-refractivity contribution in [2.24, 2.45) is 0 Å². The first-order valence-corrected chi connectivity index (χ1v) is 9.81. The molecular weight excluding hydrogens is 386 g/mol. The third-order valence-electron chi connectivity index (χ3n) is 3.91. The van der Waals surface area contributed by atoms with E-state index >= 15 is 0 Å². The van der Waals surface area contributed by atoms with Gasteiger partial charge in [-0.3, -0.25) is 19.8 Å². The van der Waals surface area contributed by atoms with E-state index in [1.54, 1.807) is 37.3 Å². The fourth-order valence-corrected chi connectivity index (χ4v) is 4.09.